The van der Waals surface area contributed by atoms with E-state index in [4.69, 9.17) is 4.74 Å². The van der Waals surface area contributed by atoms with Crippen LogP contribution >= 0.6 is 11.8 Å². The first-order valence-corrected chi connectivity index (χ1v) is 9.41. The molecule has 0 aliphatic carbocycles. The molecular formula is C22H21NO2S. The van der Waals surface area contributed by atoms with Gasteiger partial charge in [0.15, 0.2) is 0 Å². The summed E-state index contributed by atoms with van der Waals surface area (Å²) in [5, 5.41) is 2.91. The van der Waals surface area contributed by atoms with Gasteiger partial charge in [-0.25, -0.2) is 0 Å². The Balaban J connectivity index is 1.50. The predicted octanol–water partition coefficient (Wildman–Crippen LogP) is 5.83. The summed E-state index contributed by atoms with van der Waals surface area (Å²) in [4.78, 5) is 13.2. The second-order valence-electron chi connectivity index (χ2n) is 6.09. The average molecular weight is 363 g/mol. The zero-order chi connectivity index (χ0) is 18.4. The third-order valence-electron chi connectivity index (χ3n) is 3.79. The smallest absolute Gasteiger partial charge is 0.234 e. The number of hydrogen-bond donors (Lipinski definition) is 1. The molecule has 3 aromatic carbocycles. The van der Waals surface area contributed by atoms with Gasteiger partial charge in [0.1, 0.15) is 11.5 Å². The molecule has 26 heavy (non-hydrogen) atoms. The number of ether oxygens (including phenoxy) is 1. The second-order valence-corrected chi connectivity index (χ2v) is 7.14. The first-order valence-electron chi connectivity index (χ1n) is 8.42. The Kier molecular flexibility index (Phi) is 5.97. The quantitative estimate of drug-likeness (QED) is 0.560. The number of carbonyl (C=O) groups excluding carboxylic acids is 1. The summed E-state index contributed by atoms with van der Waals surface area (Å²) in [6.45, 7) is 4.09. The summed E-state index contributed by atoms with van der Waals surface area (Å²) >= 11 is 1.53. The maximum absolute atomic E-state index is 12.1. The van der Waals surface area contributed by atoms with E-state index in [1.807, 2.05) is 86.6 Å². The summed E-state index contributed by atoms with van der Waals surface area (Å²) in [5.41, 5.74) is 3.17. The molecule has 0 unspecified atom stereocenters. The Morgan fingerprint density at radius 3 is 1.88 bits per heavy atom. The third-order valence-corrected chi connectivity index (χ3v) is 4.80. The molecule has 0 fully saturated rings. The lowest BCUT2D eigenvalue weighted by molar-refractivity contribution is -0.113. The SMILES string of the molecule is Cc1ccc(Oc2ccc(NC(=O)CSc3ccc(C)cc3)cc2)cc1. The molecular weight excluding hydrogens is 342 g/mol. The molecule has 4 heteroatoms. The average Bonchev–Trinajstić information content (AvgIpc) is 2.65. The molecule has 0 heterocycles. The Morgan fingerprint density at radius 1 is 0.808 bits per heavy atom. The topological polar surface area (TPSA) is 38.3 Å². The standard InChI is InChI=1S/C22H21NO2S/c1-16-3-9-19(10-4-16)25-20-11-7-18(8-12-20)23-22(24)15-26-21-13-5-17(2)6-14-21/h3-14H,15H2,1-2H3,(H,23,24). The summed E-state index contributed by atoms with van der Waals surface area (Å²) in [7, 11) is 0. The van der Waals surface area contributed by atoms with Crippen LogP contribution in [0.2, 0.25) is 0 Å². The zero-order valence-corrected chi connectivity index (χ0v) is 15.7. The fourth-order valence-corrected chi connectivity index (χ4v) is 3.03. The van der Waals surface area contributed by atoms with Gasteiger partial charge in [-0.1, -0.05) is 35.4 Å². The number of anilines is 1. The molecule has 0 aromatic heterocycles. The fraction of sp³-hybridized carbons (Fsp3) is 0.136. The largest absolute Gasteiger partial charge is 0.457 e. The molecule has 0 saturated carbocycles. The van der Waals surface area contributed by atoms with Crippen molar-refractivity contribution in [2.24, 2.45) is 0 Å². The van der Waals surface area contributed by atoms with Gasteiger partial charge < -0.3 is 10.1 Å². The molecule has 1 amide bonds. The van der Waals surface area contributed by atoms with Crippen molar-refractivity contribution in [3.8, 4) is 11.5 Å². The van der Waals surface area contributed by atoms with Gasteiger partial charge in [0.05, 0.1) is 5.75 Å². The van der Waals surface area contributed by atoms with Crippen molar-refractivity contribution < 1.29 is 9.53 Å². The lowest BCUT2D eigenvalue weighted by Crippen LogP contribution is -2.13. The molecule has 0 aliphatic heterocycles. The van der Waals surface area contributed by atoms with Crippen LogP contribution in [0, 0.1) is 13.8 Å². The number of nitrogens with one attached hydrogen (secondary N) is 1. The van der Waals surface area contributed by atoms with E-state index in [0.717, 1.165) is 22.1 Å². The van der Waals surface area contributed by atoms with Crippen molar-refractivity contribution in [1.82, 2.24) is 0 Å². The number of thioether (sulfide) groups is 1. The van der Waals surface area contributed by atoms with Crippen LogP contribution < -0.4 is 10.1 Å². The van der Waals surface area contributed by atoms with Gasteiger partial charge in [-0.2, -0.15) is 0 Å². The van der Waals surface area contributed by atoms with E-state index in [1.54, 1.807) is 0 Å². The lowest BCUT2D eigenvalue weighted by atomic mass is 10.2. The van der Waals surface area contributed by atoms with Crippen molar-refractivity contribution in [1.29, 1.82) is 0 Å². The van der Waals surface area contributed by atoms with Crippen molar-refractivity contribution in [2.45, 2.75) is 18.7 Å². The number of amides is 1. The molecule has 0 atom stereocenters. The van der Waals surface area contributed by atoms with Crippen LogP contribution in [0.25, 0.3) is 0 Å². The van der Waals surface area contributed by atoms with Gasteiger partial charge in [0.2, 0.25) is 5.91 Å². The first kappa shape index (κ1) is 18.1. The summed E-state index contributed by atoms with van der Waals surface area (Å²) in [5.74, 6) is 1.88. The molecule has 0 aliphatic rings. The van der Waals surface area contributed by atoms with Crippen LogP contribution in [0.15, 0.2) is 77.7 Å². The fourth-order valence-electron chi connectivity index (χ4n) is 2.33. The van der Waals surface area contributed by atoms with Gasteiger partial charge in [-0.3, -0.25) is 4.79 Å². The second kappa shape index (κ2) is 8.59. The van der Waals surface area contributed by atoms with Crippen LogP contribution in [-0.4, -0.2) is 11.7 Å². The van der Waals surface area contributed by atoms with Crippen LogP contribution in [0.1, 0.15) is 11.1 Å². The number of carbonyl (C=O) groups is 1. The number of benzene rings is 3. The Labute approximate surface area is 158 Å². The minimum atomic E-state index is -0.0252. The van der Waals surface area contributed by atoms with E-state index >= 15 is 0 Å². The van der Waals surface area contributed by atoms with Gasteiger partial charge in [0.25, 0.3) is 0 Å². The zero-order valence-electron chi connectivity index (χ0n) is 14.9. The Hall–Kier alpha value is -2.72. The molecule has 3 aromatic rings. The summed E-state index contributed by atoms with van der Waals surface area (Å²) in [6, 6.07) is 23.4. The molecule has 3 nitrogen and oxygen atoms in total. The van der Waals surface area contributed by atoms with Gasteiger partial charge in [-0.05, 0) is 62.4 Å². The molecule has 0 spiro atoms. The normalized spacial score (nSPS) is 10.4. The van der Waals surface area contributed by atoms with E-state index in [-0.39, 0.29) is 5.91 Å². The Morgan fingerprint density at radius 2 is 1.31 bits per heavy atom. The Bertz CT molecular complexity index is 856. The monoisotopic (exact) mass is 363 g/mol. The van der Waals surface area contributed by atoms with Crippen LogP contribution in [0.3, 0.4) is 0 Å². The highest BCUT2D eigenvalue weighted by molar-refractivity contribution is 8.00. The highest BCUT2D eigenvalue weighted by Gasteiger charge is 2.05. The minimum absolute atomic E-state index is 0.0252. The first-order chi connectivity index (χ1) is 12.6. The molecule has 1 N–H and O–H groups in total. The van der Waals surface area contributed by atoms with E-state index in [2.05, 4.69) is 5.32 Å². The number of rotatable bonds is 6. The summed E-state index contributed by atoms with van der Waals surface area (Å²) < 4.78 is 5.79. The molecule has 132 valence electrons. The molecule has 0 bridgehead atoms. The van der Waals surface area contributed by atoms with E-state index in [9.17, 15) is 4.79 Å². The van der Waals surface area contributed by atoms with Crippen LogP contribution in [0.4, 0.5) is 5.69 Å². The number of aryl methyl sites for hydroxylation is 2. The van der Waals surface area contributed by atoms with Gasteiger partial charge in [-0.15, -0.1) is 11.8 Å². The van der Waals surface area contributed by atoms with E-state index in [0.29, 0.717) is 5.75 Å². The highest BCUT2D eigenvalue weighted by Crippen LogP contribution is 2.24. The lowest BCUT2D eigenvalue weighted by Gasteiger charge is -2.08. The van der Waals surface area contributed by atoms with Crippen molar-refractivity contribution >= 4 is 23.4 Å². The van der Waals surface area contributed by atoms with Gasteiger partial charge in [0, 0.05) is 10.6 Å². The number of hydrogen-bond acceptors (Lipinski definition) is 3. The van der Waals surface area contributed by atoms with Crippen molar-refractivity contribution in [3.05, 3.63) is 83.9 Å². The van der Waals surface area contributed by atoms with Crippen molar-refractivity contribution in [2.75, 3.05) is 11.1 Å². The molecule has 0 radical (unpaired) electrons. The maximum atomic E-state index is 12.1. The highest BCUT2D eigenvalue weighted by atomic mass is 32.2. The van der Waals surface area contributed by atoms with Gasteiger partial charge >= 0.3 is 0 Å². The van der Waals surface area contributed by atoms with E-state index < -0.39 is 0 Å². The molecule has 0 saturated heterocycles. The van der Waals surface area contributed by atoms with Crippen molar-refractivity contribution in [3.63, 3.8) is 0 Å². The van der Waals surface area contributed by atoms with Crippen LogP contribution in [-0.2, 0) is 4.79 Å². The van der Waals surface area contributed by atoms with Crippen LogP contribution in [0.5, 0.6) is 11.5 Å². The maximum Gasteiger partial charge on any atom is 0.234 e. The van der Waals surface area contributed by atoms with E-state index in [1.165, 1.54) is 22.9 Å². The predicted molar refractivity (Wildman–Crippen MR) is 108 cm³/mol. The minimum Gasteiger partial charge on any atom is -0.457 e. The third kappa shape index (κ3) is 5.39. The molecule has 3 rings (SSSR count). The summed E-state index contributed by atoms with van der Waals surface area (Å²) in [6.07, 6.45) is 0.